The van der Waals surface area contributed by atoms with Gasteiger partial charge in [0, 0.05) is 26.3 Å². The largest absolute Gasteiger partial charge is 0.443 e. The molecule has 1 aromatic rings. The van der Waals surface area contributed by atoms with E-state index in [1.807, 2.05) is 6.92 Å². The van der Waals surface area contributed by atoms with Crippen LogP contribution in [0.25, 0.3) is 0 Å². The third-order valence-corrected chi connectivity index (χ3v) is 3.43. The second-order valence-electron chi connectivity index (χ2n) is 7.36. The molecule has 0 saturated heterocycles. The van der Waals surface area contributed by atoms with Gasteiger partial charge in [0.15, 0.2) is 5.82 Å². The first-order chi connectivity index (χ1) is 14.2. The molecule has 0 aromatic carbocycles. The molecule has 11 heteroatoms. The summed E-state index contributed by atoms with van der Waals surface area (Å²) in [6, 6.07) is 1.44. The molecule has 1 rings (SSSR count). The van der Waals surface area contributed by atoms with E-state index in [4.69, 9.17) is 14.2 Å². The Bertz CT molecular complexity index is 665. The molecule has 0 spiro atoms. The van der Waals surface area contributed by atoms with Crippen molar-refractivity contribution in [1.29, 1.82) is 0 Å². The molecule has 0 atom stereocenters. The predicted octanol–water partition coefficient (Wildman–Crippen LogP) is 1.93. The van der Waals surface area contributed by atoms with E-state index in [0.29, 0.717) is 32.9 Å². The van der Waals surface area contributed by atoms with Crippen LogP contribution in [0.3, 0.4) is 0 Å². The number of carbonyl (C=O) groups is 2. The molecule has 0 aliphatic carbocycles. The summed E-state index contributed by atoms with van der Waals surface area (Å²) < 4.78 is 15.5. The molecule has 30 heavy (non-hydrogen) atoms. The average Bonchev–Trinajstić information content (AvgIpc) is 2.68. The highest BCUT2D eigenvalue weighted by Gasteiger charge is 2.17. The van der Waals surface area contributed by atoms with Gasteiger partial charge in [-0.1, -0.05) is 13.3 Å². The number of unbranched alkanes of at least 4 members (excludes halogenated alkanes) is 1. The summed E-state index contributed by atoms with van der Waals surface area (Å²) in [7, 11) is 1.60. The van der Waals surface area contributed by atoms with Crippen LogP contribution in [0, 0.1) is 0 Å². The molecule has 0 saturated carbocycles. The van der Waals surface area contributed by atoms with E-state index in [2.05, 4.69) is 31.5 Å². The van der Waals surface area contributed by atoms with Crippen LogP contribution >= 0.6 is 0 Å². The van der Waals surface area contributed by atoms with Crippen LogP contribution in [0.2, 0.25) is 0 Å². The lowest BCUT2D eigenvalue weighted by Crippen LogP contribution is -2.36. The Kier molecular flexibility index (Phi) is 11.5. The van der Waals surface area contributed by atoms with Gasteiger partial charge in [-0.25, -0.2) is 15.2 Å². The van der Waals surface area contributed by atoms with Crippen LogP contribution in [0.1, 0.15) is 51.0 Å². The van der Waals surface area contributed by atoms with Crippen molar-refractivity contribution in [3.8, 4) is 0 Å². The fourth-order valence-corrected chi connectivity index (χ4v) is 2.07. The van der Waals surface area contributed by atoms with Crippen molar-refractivity contribution >= 4 is 23.8 Å². The third-order valence-electron chi connectivity index (χ3n) is 3.43. The summed E-state index contributed by atoms with van der Waals surface area (Å²) in [6.45, 7) is 9.69. The summed E-state index contributed by atoms with van der Waals surface area (Å²) in [5, 5.41) is 5.80. The summed E-state index contributed by atoms with van der Waals surface area (Å²) in [6.07, 6.45) is 1.16. The number of aromatic nitrogens is 2. The smallest absolute Gasteiger partial charge is 0.426 e. The monoisotopic (exact) mass is 426 g/mol. The van der Waals surface area contributed by atoms with Gasteiger partial charge < -0.3 is 24.8 Å². The normalized spacial score (nSPS) is 11.0. The lowest BCUT2D eigenvalue weighted by molar-refractivity contribution is 0.0540. The van der Waals surface area contributed by atoms with E-state index in [-0.39, 0.29) is 23.4 Å². The van der Waals surface area contributed by atoms with Crippen molar-refractivity contribution in [1.82, 2.24) is 20.7 Å². The molecule has 0 aliphatic heterocycles. The molecule has 170 valence electrons. The maximum absolute atomic E-state index is 12.4. The van der Waals surface area contributed by atoms with E-state index in [0.717, 1.165) is 12.8 Å². The van der Waals surface area contributed by atoms with Crippen molar-refractivity contribution in [3.63, 3.8) is 0 Å². The Labute approximate surface area is 177 Å². The van der Waals surface area contributed by atoms with E-state index >= 15 is 0 Å². The first-order valence-electron chi connectivity index (χ1n) is 9.98. The van der Waals surface area contributed by atoms with Gasteiger partial charge in [-0.15, -0.1) is 0 Å². The number of carbonyl (C=O) groups excluding carboxylic acids is 2. The van der Waals surface area contributed by atoms with E-state index < -0.39 is 11.7 Å². The molecule has 0 unspecified atom stereocenters. The molecule has 11 nitrogen and oxygen atoms in total. The summed E-state index contributed by atoms with van der Waals surface area (Å²) in [5.41, 5.74) is 4.56. The first kappa shape index (κ1) is 25.4. The van der Waals surface area contributed by atoms with E-state index in [9.17, 15) is 9.59 Å². The van der Waals surface area contributed by atoms with Crippen LogP contribution in [0.4, 0.5) is 16.6 Å². The number of methoxy groups -OCH3 is 1. The predicted molar refractivity (Wildman–Crippen MR) is 113 cm³/mol. The Morgan fingerprint density at radius 1 is 1.10 bits per heavy atom. The van der Waals surface area contributed by atoms with Crippen LogP contribution in [0.5, 0.6) is 0 Å². The molecule has 0 aliphatic rings. The highest BCUT2D eigenvalue weighted by atomic mass is 16.6. The van der Waals surface area contributed by atoms with Crippen LogP contribution in [-0.2, 0) is 14.2 Å². The number of hydrazine groups is 1. The number of anilines is 2. The highest BCUT2D eigenvalue weighted by molar-refractivity contribution is 5.93. The molecule has 4 N–H and O–H groups in total. The molecule has 0 bridgehead atoms. The molecule has 1 aromatic heterocycles. The van der Waals surface area contributed by atoms with Gasteiger partial charge in [0.25, 0.3) is 5.91 Å². The van der Waals surface area contributed by atoms with Crippen molar-refractivity contribution in [2.75, 3.05) is 50.8 Å². The molecular formula is C19H34N6O5. The number of hydrogen-bond donors (Lipinski definition) is 4. The Morgan fingerprint density at radius 2 is 1.87 bits per heavy atom. The SMILES string of the molecule is CCCCNC(=O)c1cc(NNC(=O)OC(C)(C)C)nc(NCCOCCOC)n1. The summed E-state index contributed by atoms with van der Waals surface area (Å²) in [5.74, 6) is 0.131. The first-order valence-corrected chi connectivity index (χ1v) is 9.98. The Balaban J connectivity index is 2.77. The van der Waals surface area contributed by atoms with Crippen molar-refractivity contribution < 1.29 is 23.8 Å². The lowest BCUT2D eigenvalue weighted by Gasteiger charge is -2.20. The number of hydrogen-bond acceptors (Lipinski definition) is 9. The van der Waals surface area contributed by atoms with Gasteiger partial charge in [0.2, 0.25) is 5.95 Å². The minimum atomic E-state index is -0.670. The Hall–Kier alpha value is -2.66. The van der Waals surface area contributed by atoms with Crippen molar-refractivity contribution in [2.45, 2.75) is 46.1 Å². The second-order valence-corrected chi connectivity index (χ2v) is 7.36. The van der Waals surface area contributed by atoms with Crippen LogP contribution in [-0.4, -0.2) is 67.6 Å². The highest BCUT2D eigenvalue weighted by Crippen LogP contribution is 2.11. The second kappa shape index (κ2) is 13.5. The number of amides is 2. The van der Waals surface area contributed by atoms with Crippen molar-refractivity contribution in [3.05, 3.63) is 11.8 Å². The summed E-state index contributed by atoms with van der Waals surface area (Å²) >= 11 is 0. The molecular weight excluding hydrogens is 392 g/mol. The zero-order valence-electron chi connectivity index (χ0n) is 18.5. The molecule has 2 amide bonds. The Morgan fingerprint density at radius 3 is 2.53 bits per heavy atom. The van der Waals surface area contributed by atoms with Gasteiger partial charge in [0.05, 0.1) is 19.8 Å². The van der Waals surface area contributed by atoms with Gasteiger partial charge in [0.1, 0.15) is 11.3 Å². The van der Waals surface area contributed by atoms with Gasteiger partial charge in [-0.3, -0.25) is 10.2 Å². The topological polar surface area (TPSA) is 136 Å². The standard InChI is InChI=1S/C19H34N6O5/c1-6-7-8-20-16(26)14-13-15(24-25-18(27)30-19(2,3)4)23-17(22-14)21-9-10-29-12-11-28-5/h13H,6-12H2,1-5H3,(H,20,26)(H,25,27)(H2,21,22,23,24). The zero-order valence-corrected chi connectivity index (χ0v) is 18.5. The van der Waals surface area contributed by atoms with Gasteiger partial charge >= 0.3 is 6.09 Å². The van der Waals surface area contributed by atoms with Crippen LogP contribution < -0.4 is 21.5 Å². The quantitative estimate of drug-likeness (QED) is 0.275. The lowest BCUT2D eigenvalue weighted by atomic mass is 10.2. The molecule has 0 radical (unpaired) electrons. The zero-order chi connectivity index (χ0) is 22.4. The number of nitrogens with zero attached hydrogens (tertiary/aromatic N) is 2. The van der Waals surface area contributed by atoms with E-state index in [1.54, 1.807) is 27.9 Å². The number of rotatable bonds is 13. The molecule has 1 heterocycles. The number of nitrogens with one attached hydrogen (secondary N) is 4. The maximum Gasteiger partial charge on any atom is 0.426 e. The van der Waals surface area contributed by atoms with E-state index in [1.165, 1.54) is 6.07 Å². The fourth-order valence-electron chi connectivity index (χ4n) is 2.07. The summed E-state index contributed by atoms with van der Waals surface area (Å²) in [4.78, 5) is 32.7. The average molecular weight is 427 g/mol. The van der Waals surface area contributed by atoms with Crippen LogP contribution in [0.15, 0.2) is 6.07 Å². The minimum absolute atomic E-state index is 0.164. The number of ether oxygens (including phenoxy) is 3. The molecule has 0 fully saturated rings. The van der Waals surface area contributed by atoms with Crippen molar-refractivity contribution in [2.24, 2.45) is 0 Å². The maximum atomic E-state index is 12.4. The minimum Gasteiger partial charge on any atom is -0.443 e. The fraction of sp³-hybridized carbons (Fsp3) is 0.684. The van der Waals surface area contributed by atoms with Gasteiger partial charge in [-0.2, -0.15) is 4.98 Å². The third kappa shape index (κ3) is 11.4. The van der Waals surface area contributed by atoms with Gasteiger partial charge in [-0.05, 0) is 27.2 Å².